The van der Waals surface area contributed by atoms with Crippen molar-refractivity contribution < 1.29 is 4.79 Å². The molecule has 1 aliphatic heterocycles. The molecule has 1 aromatic rings. The summed E-state index contributed by atoms with van der Waals surface area (Å²) in [5.41, 5.74) is 13.9. The topological polar surface area (TPSA) is 72.3 Å². The number of nitrogens with two attached hydrogens (primary N) is 2. The van der Waals surface area contributed by atoms with Crippen molar-refractivity contribution in [3.8, 4) is 0 Å². The van der Waals surface area contributed by atoms with Crippen molar-refractivity contribution in [2.45, 2.75) is 25.8 Å². The second-order valence-corrected chi connectivity index (χ2v) is 5.29. The summed E-state index contributed by atoms with van der Waals surface area (Å²) in [4.78, 5) is 12.9. The van der Waals surface area contributed by atoms with Crippen molar-refractivity contribution in [3.63, 3.8) is 0 Å². The van der Waals surface area contributed by atoms with Crippen LogP contribution in [-0.2, 0) is 6.42 Å². The number of primary amides is 1. The van der Waals surface area contributed by atoms with E-state index in [9.17, 15) is 4.79 Å². The Bertz CT molecular complexity index is 416. The maximum atomic E-state index is 11.2. The van der Waals surface area contributed by atoms with Crippen molar-refractivity contribution >= 4 is 6.03 Å². The highest BCUT2D eigenvalue weighted by atomic mass is 16.2. The van der Waals surface area contributed by atoms with Crippen LogP contribution >= 0.6 is 0 Å². The first-order chi connectivity index (χ1) is 8.54. The number of carbonyl (C=O) groups is 1. The van der Waals surface area contributed by atoms with E-state index < -0.39 is 0 Å². The minimum absolute atomic E-state index is 0.0432. The highest BCUT2D eigenvalue weighted by Crippen LogP contribution is 2.20. The fourth-order valence-corrected chi connectivity index (χ4v) is 2.63. The van der Waals surface area contributed by atoms with E-state index in [1.165, 1.54) is 11.1 Å². The molecular weight excluding hydrogens is 226 g/mol. The molecule has 0 aliphatic carbocycles. The smallest absolute Gasteiger partial charge is 0.314 e. The Morgan fingerprint density at radius 3 is 2.61 bits per heavy atom. The molecule has 1 saturated heterocycles. The van der Waals surface area contributed by atoms with Crippen molar-refractivity contribution in [1.82, 2.24) is 4.90 Å². The number of amides is 2. The average molecular weight is 247 g/mol. The standard InChI is InChI=1S/C14H21N3O/c1-10-2-4-11(5-3-10)6-12-7-13(15)9-17(8-12)14(16)18/h2-5,12-13H,6-9,15H2,1H3,(H2,16,18). The largest absolute Gasteiger partial charge is 0.351 e. The summed E-state index contributed by atoms with van der Waals surface area (Å²) in [6, 6.07) is 8.20. The van der Waals surface area contributed by atoms with E-state index in [-0.39, 0.29) is 12.1 Å². The molecule has 1 heterocycles. The molecule has 1 aromatic carbocycles. The fourth-order valence-electron chi connectivity index (χ4n) is 2.63. The SMILES string of the molecule is Cc1ccc(CC2CC(N)CN(C(N)=O)C2)cc1. The Labute approximate surface area is 108 Å². The van der Waals surface area contributed by atoms with Crippen LogP contribution in [-0.4, -0.2) is 30.1 Å². The molecule has 2 atom stereocenters. The second-order valence-electron chi connectivity index (χ2n) is 5.29. The van der Waals surface area contributed by atoms with Crippen LogP contribution in [0, 0.1) is 12.8 Å². The summed E-state index contributed by atoms with van der Waals surface area (Å²) in [5, 5.41) is 0. The summed E-state index contributed by atoms with van der Waals surface area (Å²) >= 11 is 0. The number of carbonyl (C=O) groups excluding carboxylic acids is 1. The molecule has 0 saturated carbocycles. The molecule has 0 bridgehead atoms. The molecule has 0 radical (unpaired) electrons. The van der Waals surface area contributed by atoms with Gasteiger partial charge in [-0.05, 0) is 31.2 Å². The van der Waals surface area contributed by atoms with E-state index in [0.717, 1.165) is 19.4 Å². The van der Waals surface area contributed by atoms with Crippen LogP contribution in [0.3, 0.4) is 0 Å². The van der Waals surface area contributed by atoms with Gasteiger partial charge in [-0.25, -0.2) is 4.79 Å². The minimum atomic E-state index is -0.362. The number of piperidine rings is 1. The van der Waals surface area contributed by atoms with E-state index in [1.54, 1.807) is 4.90 Å². The van der Waals surface area contributed by atoms with Gasteiger partial charge in [-0.2, -0.15) is 0 Å². The molecule has 2 rings (SSSR count). The van der Waals surface area contributed by atoms with Crippen LogP contribution in [0.25, 0.3) is 0 Å². The molecule has 98 valence electrons. The number of nitrogens with zero attached hydrogens (tertiary/aromatic N) is 1. The molecule has 0 aromatic heterocycles. The number of likely N-dealkylation sites (tertiary alicyclic amines) is 1. The highest BCUT2D eigenvalue weighted by molar-refractivity contribution is 5.72. The summed E-state index contributed by atoms with van der Waals surface area (Å²) in [6.45, 7) is 3.38. The summed E-state index contributed by atoms with van der Waals surface area (Å²) in [6.07, 6.45) is 1.91. The average Bonchev–Trinajstić information content (AvgIpc) is 2.31. The van der Waals surface area contributed by atoms with Gasteiger partial charge in [-0.3, -0.25) is 0 Å². The number of hydrogen-bond acceptors (Lipinski definition) is 2. The van der Waals surface area contributed by atoms with Crippen LogP contribution in [0.1, 0.15) is 17.5 Å². The van der Waals surface area contributed by atoms with E-state index in [0.29, 0.717) is 12.5 Å². The van der Waals surface area contributed by atoms with Crippen LogP contribution in [0.2, 0.25) is 0 Å². The van der Waals surface area contributed by atoms with Gasteiger partial charge in [0.15, 0.2) is 0 Å². The third-order valence-corrected chi connectivity index (χ3v) is 3.53. The van der Waals surface area contributed by atoms with Gasteiger partial charge < -0.3 is 16.4 Å². The molecule has 4 nitrogen and oxygen atoms in total. The first kappa shape index (κ1) is 12.9. The van der Waals surface area contributed by atoms with Crippen molar-refractivity contribution in [2.24, 2.45) is 17.4 Å². The number of hydrogen-bond donors (Lipinski definition) is 2. The zero-order valence-electron chi connectivity index (χ0n) is 10.8. The lowest BCUT2D eigenvalue weighted by Crippen LogP contribution is -2.51. The fraction of sp³-hybridized carbons (Fsp3) is 0.500. The first-order valence-corrected chi connectivity index (χ1v) is 6.40. The summed E-state index contributed by atoms with van der Waals surface area (Å²) < 4.78 is 0. The second kappa shape index (κ2) is 5.40. The summed E-state index contributed by atoms with van der Waals surface area (Å²) in [7, 11) is 0. The predicted molar refractivity (Wildman–Crippen MR) is 72.1 cm³/mol. The van der Waals surface area contributed by atoms with Gasteiger partial charge in [-0.1, -0.05) is 29.8 Å². The van der Waals surface area contributed by atoms with Gasteiger partial charge in [0.25, 0.3) is 0 Å². The van der Waals surface area contributed by atoms with Gasteiger partial charge in [0.05, 0.1) is 0 Å². The molecular formula is C14H21N3O. The number of rotatable bonds is 2. The Kier molecular flexibility index (Phi) is 3.87. The Morgan fingerprint density at radius 1 is 1.33 bits per heavy atom. The van der Waals surface area contributed by atoms with Gasteiger partial charge >= 0.3 is 6.03 Å². The molecule has 4 N–H and O–H groups in total. The third kappa shape index (κ3) is 3.23. The summed E-state index contributed by atoms with van der Waals surface area (Å²) in [5.74, 6) is 0.406. The molecule has 2 unspecified atom stereocenters. The lowest BCUT2D eigenvalue weighted by Gasteiger charge is -2.35. The van der Waals surface area contributed by atoms with Gasteiger partial charge in [0.2, 0.25) is 0 Å². The van der Waals surface area contributed by atoms with Crippen LogP contribution in [0.4, 0.5) is 4.79 Å². The van der Waals surface area contributed by atoms with E-state index in [2.05, 4.69) is 31.2 Å². The van der Waals surface area contributed by atoms with Crippen LogP contribution < -0.4 is 11.5 Å². The Morgan fingerprint density at radius 2 is 2.00 bits per heavy atom. The van der Waals surface area contributed by atoms with E-state index in [1.807, 2.05) is 0 Å². The van der Waals surface area contributed by atoms with Crippen LogP contribution in [0.5, 0.6) is 0 Å². The monoisotopic (exact) mass is 247 g/mol. The van der Waals surface area contributed by atoms with E-state index in [4.69, 9.17) is 11.5 Å². The van der Waals surface area contributed by atoms with Gasteiger partial charge in [0.1, 0.15) is 0 Å². The Hall–Kier alpha value is -1.55. The van der Waals surface area contributed by atoms with Crippen LogP contribution in [0.15, 0.2) is 24.3 Å². The minimum Gasteiger partial charge on any atom is -0.351 e. The van der Waals surface area contributed by atoms with Gasteiger partial charge in [-0.15, -0.1) is 0 Å². The van der Waals surface area contributed by atoms with Gasteiger partial charge in [0, 0.05) is 19.1 Å². The first-order valence-electron chi connectivity index (χ1n) is 6.40. The molecule has 1 fully saturated rings. The maximum Gasteiger partial charge on any atom is 0.314 e. The molecule has 0 spiro atoms. The quantitative estimate of drug-likeness (QED) is 0.826. The third-order valence-electron chi connectivity index (χ3n) is 3.53. The van der Waals surface area contributed by atoms with Crippen molar-refractivity contribution in [1.29, 1.82) is 0 Å². The normalized spacial score (nSPS) is 24.0. The molecule has 2 amide bonds. The number of benzene rings is 1. The highest BCUT2D eigenvalue weighted by Gasteiger charge is 2.26. The zero-order chi connectivity index (χ0) is 13.1. The lowest BCUT2D eigenvalue weighted by atomic mass is 9.89. The zero-order valence-corrected chi connectivity index (χ0v) is 10.8. The lowest BCUT2D eigenvalue weighted by molar-refractivity contribution is 0.163. The van der Waals surface area contributed by atoms with E-state index >= 15 is 0 Å². The van der Waals surface area contributed by atoms with Crippen molar-refractivity contribution in [2.75, 3.05) is 13.1 Å². The molecule has 4 heteroatoms. The number of urea groups is 1. The van der Waals surface area contributed by atoms with Crippen molar-refractivity contribution in [3.05, 3.63) is 35.4 Å². The number of aryl methyl sites for hydroxylation is 1. The Balaban J connectivity index is 2.00. The molecule has 18 heavy (non-hydrogen) atoms. The maximum absolute atomic E-state index is 11.2. The molecule has 1 aliphatic rings. The predicted octanol–water partition coefficient (Wildman–Crippen LogP) is 1.27.